The molecule has 4 nitrogen and oxygen atoms in total. The quantitative estimate of drug-likeness (QED) is 0.899. The van der Waals surface area contributed by atoms with Gasteiger partial charge in [-0.1, -0.05) is 17.7 Å². The van der Waals surface area contributed by atoms with Crippen LogP contribution in [0.3, 0.4) is 0 Å². The van der Waals surface area contributed by atoms with Gasteiger partial charge in [0.05, 0.1) is 12.6 Å². The monoisotopic (exact) mass is 310 g/mol. The molecular formula is C16H23ClN2O2. The van der Waals surface area contributed by atoms with Crippen molar-refractivity contribution in [1.29, 1.82) is 0 Å². The second-order valence-electron chi connectivity index (χ2n) is 5.87. The standard InChI is InChI=1S/C16H23ClN2O2/c1-11-3-4-14(9-15(11)17)18-16(21)10-19-7-5-13(6-8-19)12(2)20/h3-4,9,12-13,20H,5-8,10H2,1-2H3,(H,18,21). The Morgan fingerprint density at radius 1 is 1.48 bits per heavy atom. The minimum absolute atomic E-state index is 0.0228. The Morgan fingerprint density at radius 2 is 2.14 bits per heavy atom. The van der Waals surface area contributed by atoms with Crippen LogP contribution in [-0.2, 0) is 4.79 Å². The van der Waals surface area contributed by atoms with E-state index in [1.807, 2.05) is 26.0 Å². The van der Waals surface area contributed by atoms with Gasteiger partial charge in [0.2, 0.25) is 5.91 Å². The van der Waals surface area contributed by atoms with Crippen LogP contribution < -0.4 is 5.32 Å². The molecule has 0 aliphatic carbocycles. The van der Waals surface area contributed by atoms with Crippen molar-refractivity contribution < 1.29 is 9.90 Å². The van der Waals surface area contributed by atoms with Crippen LogP contribution in [0, 0.1) is 12.8 Å². The molecule has 21 heavy (non-hydrogen) atoms. The topological polar surface area (TPSA) is 52.6 Å². The molecule has 5 heteroatoms. The third kappa shape index (κ3) is 4.70. The van der Waals surface area contributed by atoms with Crippen molar-refractivity contribution >= 4 is 23.2 Å². The summed E-state index contributed by atoms with van der Waals surface area (Å²) in [4.78, 5) is 14.2. The Balaban J connectivity index is 1.81. The summed E-state index contributed by atoms with van der Waals surface area (Å²) in [6.07, 6.45) is 1.64. The molecule has 1 aromatic carbocycles. The molecule has 1 aromatic rings. The first-order chi connectivity index (χ1) is 9.95. The lowest BCUT2D eigenvalue weighted by atomic mass is 9.92. The van der Waals surface area contributed by atoms with Gasteiger partial charge in [0, 0.05) is 10.7 Å². The van der Waals surface area contributed by atoms with Gasteiger partial charge in [-0.3, -0.25) is 9.69 Å². The second-order valence-corrected chi connectivity index (χ2v) is 6.27. The molecule has 1 saturated heterocycles. The smallest absolute Gasteiger partial charge is 0.238 e. The SMILES string of the molecule is Cc1ccc(NC(=O)CN2CCC(C(C)O)CC2)cc1Cl. The van der Waals surface area contributed by atoms with Crippen molar-refractivity contribution in [2.24, 2.45) is 5.92 Å². The highest BCUT2D eigenvalue weighted by molar-refractivity contribution is 6.31. The molecule has 1 unspecified atom stereocenters. The first-order valence-corrected chi connectivity index (χ1v) is 7.80. The van der Waals surface area contributed by atoms with Crippen molar-refractivity contribution in [1.82, 2.24) is 4.90 Å². The lowest BCUT2D eigenvalue weighted by Gasteiger charge is -2.32. The van der Waals surface area contributed by atoms with E-state index in [9.17, 15) is 9.90 Å². The minimum atomic E-state index is -0.254. The van der Waals surface area contributed by atoms with Gasteiger partial charge in [-0.2, -0.15) is 0 Å². The predicted octanol–water partition coefficient (Wildman–Crippen LogP) is 2.68. The van der Waals surface area contributed by atoms with Gasteiger partial charge < -0.3 is 10.4 Å². The fraction of sp³-hybridized carbons (Fsp3) is 0.562. The summed E-state index contributed by atoms with van der Waals surface area (Å²) in [5.74, 6) is 0.339. The zero-order valence-electron chi connectivity index (χ0n) is 12.6. The number of hydrogen-bond acceptors (Lipinski definition) is 3. The molecule has 1 fully saturated rings. The molecule has 1 amide bonds. The Labute approximate surface area is 131 Å². The van der Waals surface area contributed by atoms with E-state index in [1.54, 1.807) is 6.07 Å². The van der Waals surface area contributed by atoms with Crippen molar-refractivity contribution in [3.05, 3.63) is 28.8 Å². The number of likely N-dealkylation sites (tertiary alicyclic amines) is 1. The maximum atomic E-state index is 12.0. The van der Waals surface area contributed by atoms with Crippen LogP contribution >= 0.6 is 11.6 Å². The number of hydrogen-bond donors (Lipinski definition) is 2. The summed E-state index contributed by atoms with van der Waals surface area (Å²) in [6.45, 7) is 5.88. The second kappa shape index (κ2) is 7.25. The van der Waals surface area contributed by atoms with Gasteiger partial charge in [0.1, 0.15) is 0 Å². The maximum absolute atomic E-state index is 12.0. The lowest BCUT2D eigenvalue weighted by Crippen LogP contribution is -2.41. The molecule has 0 saturated carbocycles. The van der Waals surface area contributed by atoms with E-state index in [0.717, 1.165) is 37.2 Å². The third-order valence-corrected chi connectivity index (χ3v) is 4.54. The van der Waals surface area contributed by atoms with Crippen molar-refractivity contribution in [3.63, 3.8) is 0 Å². The Kier molecular flexibility index (Phi) is 5.62. The third-order valence-electron chi connectivity index (χ3n) is 4.14. The molecule has 0 bridgehead atoms. The molecule has 0 spiro atoms. The van der Waals surface area contributed by atoms with E-state index < -0.39 is 0 Å². The van der Waals surface area contributed by atoms with Crippen LogP contribution in [0.5, 0.6) is 0 Å². The number of carbonyl (C=O) groups excluding carboxylic acids is 1. The molecule has 2 N–H and O–H groups in total. The number of rotatable bonds is 4. The molecule has 1 aliphatic heterocycles. The van der Waals surface area contributed by atoms with Crippen LogP contribution in [-0.4, -0.2) is 41.7 Å². The summed E-state index contributed by atoms with van der Waals surface area (Å²) in [6, 6.07) is 5.53. The summed E-state index contributed by atoms with van der Waals surface area (Å²) in [7, 11) is 0. The van der Waals surface area contributed by atoms with Crippen molar-refractivity contribution in [2.45, 2.75) is 32.8 Å². The highest BCUT2D eigenvalue weighted by atomic mass is 35.5. The first-order valence-electron chi connectivity index (χ1n) is 7.42. The van der Waals surface area contributed by atoms with Crippen LogP contribution in [0.15, 0.2) is 18.2 Å². The zero-order valence-corrected chi connectivity index (χ0v) is 13.4. The molecular weight excluding hydrogens is 288 g/mol. The minimum Gasteiger partial charge on any atom is -0.393 e. The van der Waals surface area contributed by atoms with Crippen LogP contribution in [0.25, 0.3) is 0 Å². The normalized spacial score (nSPS) is 18.5. The summed E-state index contributed by atoms with van der Waals surface area (Å²) < 4.78 is 0. The van der Waals surface area contributed by atoms with E-state index in [4.69, 9.17) is 11.6 Å². The average Bonchev–Trinajstić information content (AvgIpc) is 2.43. The van der Waals surface area contributed by atoms with E-state index in [-0.39, 0.29) is 12.0 Å². The molecule has 1 aliphatic rings. The molecule has 0 radical (unpaired) electrons. The van der Waals surface area contributed by atoms with E-state index in [1.165, 1.54) is 0 Å². The molecule has 2 rings (SSSR count). The number of amides is 1. The number of anilines is 1. The fourth-order valence-electron chi connectivity index (χ4n) is 2.67. The van der Waals surface area contributed by atoms with Crippen LogP contribution in [0.2, 0.25) is 5.02 Å². The largest absolute Gasteiger partial charge is 0.393 e. The van der Waals surface area contributed by atoms with Gasteiger partial charge >= 0.3 is 0 Å². The summed E-state index contributed by atoms with van der Waals surface area (Å²) in [5, 5.41) is 13.1. The first kappa shape index (κ1) is 16.3. The number of halogens is 1. The number of piperidine rings is 1. The van der Waals surface area contributed by atoms with Crippen molar-refractivity contribution in [3.8, 4) is 0 Å². The molecule has 116 valence electrons. The maximum Gasteiger partial charge on any atom is 0.238 e. The summed E-state index contributed by atoms with van der Waals surface area (Å²) in [5.41, 5.74) is 1.73. The van der Waals surface area contributed by atoms with Gasteiger partial charge in [-0.05, 0) is 63.4 Å². The van der Waals surface area contributed by atoms with Crippen LogP contribution in [0.4, 0.5) is 5.69 Å². The summed E-state index contributed by atoms with van der Waals surface area (Å²) >= 11 is 6.05. The highest BCUT2D eigenvalue weighted by Crippen LogP contribution is 2.21. The fourth-order valence-corrected chi connectivity index (χ4v) is 2.85. The van der Waals surface area contributed by atoms with E-state index >= 15 is 0 Å². The number of aryl methyl sites for hydroxylation is 1. The zero-order chi connectivity index (χ0) is 15.4. The van der Waals surface area contributed by atoms with Gasteiger partial charge in [-0.15, -0.1) is 0 Å². The Bertz CT molecular complexity index is 497. The Morgan fingerprint density at radius 3 is 2.71 bits per heavy atom. The predicted molar refractivity (Wildman–Crippen MR) is 85.7 cm³/mol. The van der Waals surface area contributed by atoms with Gasteiger partial charge in [0.15, 0.2) is 0 Å². The van der Waals surface area contributed by atoms with Gasteiger partial charge in [0.25, 0.3) is 0 Å². The van der Waals surface area contributed by atoms with E-state index in [0.29, 0.717) is 17.5 Å². The average molecular weight is 311 g/mol. The van der Waals surface area contributed by atoms with Crippen LogP contribution in [0.1, 0.15) is 25.3 Å². The molecule has 0 aromatic heterocycles. The van der Waals surface area contributed by atoms with E-state index in [2.05, 4.69) is 10.2 Å². The van der Waals surface area contributed by atoms with Gasteiger partial charge in [-0.25, -0.2) is 0 Å². The number of aliphatic hydroxyl groups is 1. The lowest BCUT2D eigenvalue weighted by molar-refractivity contribution is -0.117. The Hall–Kier alpha value is -1.10. The molecule has 1 heterocycles. The number of aliphatic hydroxyl groups excluding tert-OH is 1. The number of nitrogens with one attached hydrogen (secondary N) is 1. The number of carbonyl (C=O) groups is 1. The number of benzene rings is 1. The highest BCUT2D eigenvalue weighted by Gasteiger charge is 2.23. The molecule has 1 atom stereocenters. The number of nitrogens with zero attached hydrogens (tertiary/aromatic N) is 1. The van der Waals surface area contributed by atoms with Crippen molar-refractivity contribution in [2.75, 3.05) is 25.0 Å².